The second-order valence-corrected chi connectivity index (χ2v) is 9.70. The molecular weight excluding hydrogens is 553 g/mol. The summed E-state index contributed by atoms with van der Waals surface area (Å²) in [7, 11) is 0. The van der Waals surface area contributed by atoms with Gasteiger partial charge in [0.25, 0.3) is 17.7 Å². The van der Waals surface area contributed by atoms with Gasteiger partial charge in [0.05, 0.1) is 17.4 Å². The highest BCUT2D eigenvalue weighted by Gasteiger charge is 2.39. The Morgan fingerprint density at radius 2 is 1.37 bits per heavy atom. The second kappa shape index (κ2) is 11.3. The van der Waals surface area contributed by atoms with E-state index in [1.165, 1.54) is 36.4 Å². The van der Waals surface area contributed by atoms with Gasteiger partial charge >= 0.3 is 5.97 Å². The number of amides is 3. The predicted molar refractivity (Wildman–Crippen MR) is 147 cm³/mol. The molecule has 11 heteroatoms. The Balaban J connectivity index is 1.45. The van der Waals surface area contributed by atoms with Crippen LogP contribution in [0.25, 0.3) is 0 Å². The number of hydrogen-bond acceptors (Lipinski definition) is 6. The molecule has 3 aromatic carbocycles. The van der Waals surface area contributed by atoms with Gasteiger partial charge in [-0.25, -0.2) is 9.69 Å². The summed E-state index contributed by atoms with van der Waals surface area (Å²) in [6.45, 7) is 3.46. The molecule has 0 aromatic heterocycles. The van der Waals surface area contributed by atoms with E-state index in [0.29, 0.717) is 27.0 Å². The summed E-state index contributed by atoms with van der Waals surface area (Å²) >= 11 is 18.1. The Morgan fingerprint density at radius 3 is 1.95 bits per heavy atom. The van der Waals surface area contributed by atoms with Crippen LogP contribution in [0.15, 0.2) is 77.5 Å². The van der Waals surface area contributed by atoms with Crippen LogP contribution in [0.1, 0.15) is 34.6 Å². The zero-order valence-electron chi connectivity index (χ0n) is 20.1. The molecule has 4 rings (SSSR count). The van der Waals surface area contributed by atoms with Crippen LogP contribution in [0.3, 0.4) is 0 Å². The number of benzene rings is 3. The maximum atomic E-state index is 13.1. The maximum Gasteiger partial charge on any atom is 0.338 e. The highest BCUT2D eigenvalue weighted by Crippen LogP contribution is 2.30. The fraction of sp³-hybridized carbons (Fsp3) is 0.111. The molecule has 0 unspecified atom stereocenters. The second-order valence-electron chi connectivity index (χ2n) is 8.45. The molecule has 3 amide bonds. The van der Waals surface area contributed by atoms with Crippen molar-refractivity contribution in [3.8, 4) is 0 Å². The van der Waals surface area contributed by atoms with Gasteiger partial charge < -0.3 is 15.4 Å². The Labute approximate surface area is 233 Å². The lowest BCUT2D eigenvalue weighted by Gasteiger charge is -2.16. The number of rotatable bonds is 7. The van der Waals surface area contributed by atoms with Crippen LogP contribution < -0.4 is 15.5 Å². The molecule has 194 valence electrons. The first kappa shape index (κ1) is 27.2. The average molecular weight is 573 g/mol. The van der Waals surface area contributed by atoms with E-state index in [1.54, 1.807) is 44.2 Å². The lowest BCUT2D eigenvalue weighted by Crippen LogP contribution is -2.32. The number of nitrogens with zero attached hydrogens (tertiary/aromatic N) is 1. The van der Waals surface area contributed by atoms with E-state index in [2.05, 4.69) is 10.6 Å². The van der Waals surface area contributed by atoms with Crippen LogP contribution >= 0.6 is 34.8 Å². The topological polar surface area (TPSA) is 105 Å². The summed E-state index contributed by atoms with van der Waals surface area (Å²) < 4.78 is 5.15. The quantitative estimate of drug-likeness (QED) is 0.256. The first-order valence-electron chi connectivity index (χ1n) is 11.3. The largest absolute Gasteiger partial charge is 0.459 e. The summed E-state index contributed by atoms with van der Waals surface area (Å²) in [5.74, 6) is -2.30. The number of halogens is 3. The molecule has 0 saturated carbocycles. The fourth-order valence-corrected chi connectivity index (χ4v) is 4.29. The number of imide groups is 1. The lowest BCUT2D eigenvalue weighted by molar-refractivity contribution is -0.120. The van der Waals surface area contributed by atoms with Crippen LogP contribution in [0, 0.1) is 0 Å². The summed E-state index contributed by atoms with van der Waals surface area (Å²) in [6, 6.07) is 16.7. The summed E-state index contributed by atoms with van der Waals surface area (Å²) in [5, 5.41) is 6.02. The van der Waals surface area contributed by atoms with Gasteiger partial charge in [0.15, 0.2) is 0 Å². The van der Waals surface area contributed by atoms with Crippen molar-refractivity contribution in [1.29, 1.82) is 0 Å². The van der Waals surface area contributed by atoms with E-state index in [9.17, 15) is 19.2 Å². The van der Waals surface area contributed by atoms with Crippen molar-refractivity contribution in [3.05, 3.63) is 98.6 Å². The number of anilines is 3. The molecule has 0 aliphatic carbocycles. The van der Waals surface area contributed by atoms with Crippen molar-refractivity contribution in [3.63, 3.8) is 0 Å². The Hall–Kier alpha value is -3.85. The van der Waals surface area contributed by atoms with Crippen molar-refractivity contribution in [1.82, 2.24) is 0 Å². The first-order chi connectivity index (χ1) is 18.0. The van der Waals surface area contributed by atoms with E-state index in [1.807, 2.05) is 0 Å². The van der Waals surface area contributed by atoms with E-state index in [-0.39, 0.29) is 28.1 Å². The lowest BCUT2D eigenvalue weighted by atomic mass is 10.2. The van der Waals surface area contributed by atoms with Crippen molar-refractivity contribution < 1.29 is 23.9 Å². The third-order valence-corrected chi connectivity index (χ3v) is 6.06. The van der Waals surface area contributed by atoms with Gasteiger partial charge in [-0.05, 0) is 80.6 Å². The van der Waals surface area contributed by atoms with E-state index in [0.717, 1.165) is 4.90 Å². The van der Waals surface area contributed by atoms with Gasteiger partial charge in [0.2, 0.25) is 0 Å². The van der Waals surface area contributed by atoms with Crippen molar-refractivity contribution in [2.75, 3.05) is 15.5 Å². The maximum absolute atomic E-state index is 13.1. The zero-order valence-corrected chi connectivity index (χ0v) is 22.3. The number of carbonyl (C=O) groups is 4. The Morgan fingerprint density at radius 1 is 0.789 bits per heavy atom. The van der Waals surface area contributed by atoms with Gasteiger partial charge in [0.1, 0.15) is 10.7 Å². The van der Waals surface area contributed by atoms with Crippen LogP contribution in [-0.4, -0.2) is 29.8 Å². The minimum atomic E-state index is -0.715. The molecule has 8 nitrogen and oxygen atoms in total. The van der Waals surface area contributed by atoms with Gasteiger partial charge in [-0.2, -0.15) is 0 Å². The molecule has 0 fully saturated rings. The van der Waals surface area contributed by atoms with Gasteiger partial charge in [-0.15, -0.1) is 0 Å². The zero-order chi connectivity index (χ0) is 27.6. The van der Waals surface area contributed by atoms with Crippen molar-refractivity contribution in [2.24, 2.45) is 0 Å². The number of ether oxygens (including phenoxy) is 1. The van der Waals surface area contributed by atoms with Crippen molar-refractivity contribution in [2.45, 2.75) is 20.0 Å². The number of nitrogens with one attached hydrogen (secondary N) is 2. The molecule has 1 aliphatic heterocycles. The molecule has 3 aromatic rings. The Kier molecular flexibility index (Phi) is 8.06. The first-order valence-corrected chi connectivity index (χ1v) is 12.4. The van der Waals surface area contributed by atoms with Crippen LogP contribution in [0.5, 0.6) is 0 Å². The van der Waals surface area contributed by atoms with Gasteiger partial charge in [-0.1, -0.05) is 34.8 Å². The highest BCUT2D eigenvalue weighted by atomic mass is 35.5. The molecule has 0 saturated heterocycles. The summed E-state index contributed by atoms with van der Waals surface area (Å²) in [5.41, 5.74) is 1.59. The molecule has 0 atom stereocenters. The third kappa shape index (κ3) is 5.99. The van der Waals surface area contributed by atoms with Crippen LogP contribution in [0.4, 0.5) is 17.1 Å². The van der Waals surface area contributed by atoms with Crippen molar-refractivity contribution >= 4 is 75.6 Å². The van der Waals surface area contributed by atoms with Crippen LogP contribution in [-0.2, 0) is 14.3 Å². The SMILES string of the molecule is CC(C)OC(=O)c1ccc(N2C(=O)C(Cl)=C(Nc3ccc(C(=O)Nc4cc(Cl)cc(Cl)c4)cc3)C2=O)cc1. The van der Waals surface area contributed by atoms with Crippen LogP contribution in [0.2, 0.25) is 10.0 Å². The van der Waals surface area contributed by atoms with Gasteiger partial charge in [0, 0.05) is 27.0 Å². The number of esters is 1. The summed E-state index contributed by atoms with van der Waals surface area (Å²) in [4.78, 5) is 51.4. The minimum absolute atomic E-state index is 0.120. The molecule has 38 heavy (non-hydrogen) atoms. The van der Waals surface area contributed by atoms with Gasteiger partial charge in [-0.3, -0.25) is 14.4 Å². The van der Waals surface area contributed by atoms with E-state index >= 15 is 0 Å². The smallest absolute Gasteiger partial charge is 0.338 e. The monoisotopic (exact) mass is 571 g/mol. The average Bonchev–Trinajstić information content (AvgIpc) is 3.06. The van der Waals surface area contributed by atoms with E-state index < -0.39 is 23.7 Å². The third-order valence-electron chi connectivity index (χ3n) is 5.27. The molecule has 2 N–H and O–H groups in total. The summed E-state index contributed by atoms with van der Waals surface area (Å²) in [6.07, 6.45) is -0.286. The normalized spacial score (nSPS) is 13.3. The molecule has 1 aliphatic rings. The number of hydrogen-bond donors (Lipinski definition) is 2. The molecular formula is C27H20Cl3N3O5. The Bertz CT molecular complexity index is 1450. The number of carbonyl (C=O) groups excluding carboxylic acids is 4. The van der Waals surface area contributed by atoms with E-state index in [4.69, 9.17) is 39.5 Å². The minimum Gasteiger partial charge on any atom is -0.459 e. The molecule has 0 radical (unpaired) electrons. The fourth-order valence-electron chi connectivity index (χ4n) is 3.55. The molecule has 0 bridgehead atoms. The molecule has 0 spiro atoms. The predicted octanol–water partition coefficient (Wildman–Crippen LogP) is 6.25. The highest BCUT2D eigenvalue weighted by molar-refractivity contribution is 6.53. The molecule has 1 heterocycles. The standard InChI is InChI=1S/C27H20Cl3N3O5/c1-14(2)38-27(37)16-5-9-21(10-6-16)33-25(35)22(30)23(26(33)36)31-19-7-3-15(4-8-19)24(34)32-20-12-17(28)11-18(29)13-20/h3-14,31H,1-2H3,(H,32,34).